The first-order valence-corrected chi connectivity index (χ1v) is 8.80. The van der Waals surface area contributed by atoms with Crippen molar-refractivity contribution in [1.29, 1.82) is 0 Å². The summed E-state index contributed by atoms with van der Waals surface area (Å²) in [6.07, 6.45) is 3.16. The Kier molecular flexibility index (Phi) is 4.14. The molecule has 0 bridgehead atoms. The van der Waals surface area contributed by atoms with Crippen molar-refractivity contribution in [3.05, 3.63) is 65.5 Å². The van der Waals surface area contributed by atoms with Gasteiger partial charge in [-0.25, -0.2) is 9.78 Å². The average Bonchev–Trinajstić information content (AvgIpc) is 3.06. The van der Waals surface area contributed by atoms with Gasteiger partial charge in [0.05, 0.1) is 23.1 Å². The number of nitrogens with zero attached hydrogens (tertiary/aromatic N) is 1. The number of imidazole rings is 1. The van der Waals surface area contributed by atoms with Gasteiger partial charge in [0.1, 0.15) is 5.82 Å². The van der Waals surface area contributed by atoms with E-state index in [0.29, 0.717) is 0 Å². The molecule has 0 spiro atoms. The topological polar surface area (TPSA) is 69.8 Å². The van der Waals surface area contributed by atoms with E-state index in [1.54, 1.807) is 0 Å². The Labute approximate surface area is 146 Å². The summed E-state index contributed by atoms with van der Waals surface area (Å²) in [7, 11) is 0. The van der Waals surface area contributed by atoms with Gasteiger partial charge in [0.25, 0.3) is 0 Å². The van der Waals surface area contributed by atoms with Crippen molar-refractivity contribution in [2.45, 2.75) is 38.3 Å². The van der Waals surface area contributed by atoms with Crippen molar-refractivity contribution in [2.75, 3.05) is 0 Å². The van der Waals surface area contributed by atoms with Gasteiger partial charge in [0, 0.05) is 0 Å². The van der Waals surface area contributed by atoms with E-state index in [0.717, 1.165) is 36.1 Å². The van der Waals surface area contributed by atoms with Crippen LogP contribution in [-0.4, -0.2) is 16.0 Å². The SMILES string of the molecule is CC(NC(=O)NC1CCCc2ccccc21)c1nc2ccccc2[nH]1. The predicted octanol–water partition coefficient (Wildman–Crippen LogP) is 4.00. The molecule has 0 radical (unpaired) electrons. The Morgan fingerprint density at radius 3 is 2.88 bits per heavy atom. The molecule has 0 fully saturated rings. The van der Waals surface area contributed by atoms with E-state index in [1.165, 1.54) is 11.1 Å². The quantitative estimate of drug-likeness (QED) is 0.677. The van der Waals surface area contributed by atoms with E-state index in [9.17, 15) is 4.79 Å². The lowest BCUT2D eigenvalue weighted by molar-refractivity contribution is 0.232. The number of aromatic nitrogens is 2. The second-order valence-corrected chi connectivity index (χ2v) is 6.62. The highest BCUT2D eigenvalue weighted by Gasteiger charge is 2.22. The normalized spacial score (nSPS) is 17.7. The number of carbonyl (C=O) groups is 1. The van der Waals surface area contributed by atoms with E-state index in [-0.39, 0.29) is 18.1 Å². The fraction of sp³-hybridized carbons (Fsp3) is 0.300. The third-order valence-corrected chi connectivity index (χ3v) is 4.84. The monoisotopic (exact) mass is 334 g/mol. The van der Waals surface area contributed by atoms with Crippen molar-refractivity contribution >= 4 is 17.1 Å². The fourth-order valence-corrected chi connectivity index (χ4v) is 3.55. The number of para-hydroxylation sites is 2. The first-order valence-electron chi connectivity index (χ1n) is 8.80. The van der Waals surface area contributed by atoms with Crippen molar-refractivity contribution in [3.63, 3.8) is 0 Å². The molecule has 2 amide bonds. The first kappa shape index (κ1) is 15.7. The second-order valence-electron chi connectivity index (χ2n) is 6.62. The standard InChI is InChI=1S/C20H22N4O/c1-13(19-22-17-10-4-5-11-18(17)23-19)21-20(25)24-16-12-6-8-14-7-2-3-9-15(14)16/h2-5,7,9-11,13,16H,6,8,12H2,1H3,(H,22,23)(H2,21,24,25). The van der Waals surface area contributed by atoms with Crippen LogP contribution < -0.4 is 10.6 Å². The van der Waals surface area contributed by atoms with Crippen molar-refractivity contribution in [3.8, 4) is 0 Å². The predicted molar refractivity (Wildman–Crippen MR) is 98.3 cm³/mol. The Balaban J connectivity index is 1.44. The molecule has 2 unspecified atom stereocenters. The number of aryl methyl sites for hydroxylation is 1. The minimum atomic E-state index is -0.189. The van der Waals surface area contributed by atoms with Crippen molar-refractivity contribution in [1.82, 2.24) is 20.6 Å². The lowest BCUT2D eigenvalue weighted by Crippen LogP contribution is -2.40. The van der Waals surface area contributed by atoms with Crippen LogP contribution in [0.25, 0.3) is 11.0 Å². The van der Waals surface area contributed by atoms with Crippen LogP contribution >= 0.6 is 0 Å². The Bertz CT molecular complexity index is 868. The van der Waals surface area contributed by atoms with E-state index >= 15 is 0 Å². The van der Waals surface area contributed by atoms with E-state index < -0.39 is 0 Å². The molecule has 1 aliphatic carbocycles. The third-order valence-electron chi connectivity index (χ3n) is 4.84. The molecule has 0 saturated carbocycles. The van der Waals surface area contributed by atoms with Gasteiger partial charge in [-0.2, -0.15) is 0 Å². The van der Waals surface area contributed by atoms with E-state index in [2.05, 4.69) is 38.8 Å². The number of carbonyl (C=O) groups excluding carboxylic acids is 1. The summed E-state index contributed by atoms with van der Waals surface area (Å²) in [5.74, 6) is 0.764. The molecule has 3 N–H and O–H groups in total. The molecule has 1 heterocycles. The fourth-order valence-electron chi connectivity index (χ4n) is 3.55. The van der Waals surface area contributed by atoms with E-state index in [1.807, 2.05) is 37.3 Å². The molecular weight excluding hydrogens is 312 g/mol. The molecule has 5 nitrogen and oxygen atoms in total. The highest BCUT2D eigenvalue weighted by molar-refractivity contribution is 5.76. The number of fused-ring (bicyclic) bond motifs is 2. The number of rotatable bonds is 3. The maximum atomic E-state index is 12.5. The maximum absolute atomic E-state index is 12.5. The average molecular weight is 334 g/mol. The first-order chi connectivity index (χ1) is 12.2. The number of amides is 2. The van der Waals surface area contributed by atoms with Gasteiger partial charge in [-0.15, -0.1) is 0 Å². The molecule has 0 saturated heterocycles. The minimum Gasteiger partial charge on any atom is -0.340 e. The molecule has 1 aromatic heterocycles. The largest absolute Gasteiger partial charge is 0.340 e. The molecule has 5 heteroatoms. The van der Waals surface area contributed by atoms with Gasteiger partial charge in [-0.3, -0.25) is 0 Å². The summed E-state index contributed by atoms with van der Waals surface area (Å²) < 4.78 is 0. The molecule has 1 aliphatic rings. The van der Waals surface area contributed by atoms with Gasteiger partial charge in [0.2, 0.25) is 0 Å². The highest BCUT2D eigenvalue weighted by atomic mass is 16.2. The summed E-state index contributed by atoms with van der Waals surface area (Å²) in [6, 6.07) is 16.0. The summed E-state index contributed by atoms with van der Waals surface area (Å²) in [5.41, 5.74) is 4.46. The smallest absolute Gasteiger partial charge is 0.315 e. The van der Waals surface area contributed by atoms with Gasteiger partial charge in [-0.05, 0) is 49.4 Å². The third kappa shape index (κ3) is 3.22. The Morgan fingerprint density at radius 1 is 1.20 bits per heavy atom. The summed E-state index contributed by atoms with van der Waals surface area (Å²) >= 11 is 0. The van der Waals surface area contributed by atoms with Crippen LogP contribution in [-0.2, 0) is 6.42 Å². The number of H-pyrrole nitrogens is 1. The van der Waals surface area contributed by atoms with Crippen LogP contribution in [0.2, 0.25) is 0 Å². The minimum absolute atomic E-state index is 0.0767. The summed E-state index contributed by atoms with van der Waals surface area (Å²) in [5, 5.41) is 6.11. The highest BCUT2D eigenvalue weighted by Crippen LogP contribution is 2.29. The van der Waals surface area contributed by atoms with Crippen LogP contribution in [0.3, 0.4) is 0 Å². The molecular formula is C20H22N4O. The number of aromatic amines is 1. The number of hydrogen-bond acceptors (Lipinski definition) is 2. The summed E-state index contributed by atoms with van der Waals surface area (Å²) in [6.45, 7) is 1.94. The number of hydrogen-bond donors (Lipinski definition) is 3. The lowest BCUT2D eigenvalue weighted by Gasteiger charge is -2.27. The van der Waals surface area contributed by atoms with Crippen LogP contribution in [0, 0.1) is 0 Å². The molecule has 4 rings (SSSR count). The van der Waals surface area contributed by atoms with Gasteiger partial charge in [0.15, 0.2) is 0 Å². The van der Waals surface area contributed by atoms with Crippen LogP contribution in [0.4, 0.5) is 4.79 Å². The second kappa shape index (κ2) is 6.59. The van der Waals surface area contributed by atoms with Crippen LogP contribution in [0.1, 0.15) is 48.8 Å². The summed E-state index contributed by atoms with van der Waals surface area (Å²) in [4.78, 5) is 20.3. The van der Waals surface area contributed by atoms with Gasteiger partial charge < -0.3 is 15.6 Å². The molecule has 128 valence electrons. The molecule has 2 aromatic carbocycles. The molecule has 3 aromatic rings. The van der Waals surface area contributed by atoms with Crippen molar-refractivity contribution < 1.29 is 4.79 Å². The van der Waals surface area contributed by atoms with Gasteiger partial charge in [-0.1, -0.05) is 36.4 Å². The molecule has 25 heavy (non-hydrogen) atoms. The zero-order chi connectivity index (χ0) is 17.2. The Morgan fingerprint density at radius 2 is 2.00 bits per heavy atom. The Hall–Kier alpha value is -2.82. The van der Waals surface area contributed by atoms with Crippen molar-refractivity contribution in [2.24, 2.45) is 0 Å². The number of urea groups is 1. The zero-order valence-electron chi connectivity index (χ0n) is 14.3. The molecule has 2 atom stereocenters. The van der Waals surface area contributed by atoms with Gasteiger partial charge >= 0.3 is 6.03 Å². The lowest BCUT2D eigenvalue weighted by atomic mass is 9.88. The van der Waals surface area contributed by atoms with Crippen LogP contribution in [0.5, 0.6) is 0 Å². The maximum Gasteiger partial charge on any atom is 0.315 e. The van der Waals surface area contributed by atoms with Crippen LogP contribution in [0.15, 0.2) is 48.5 Å². The number of nitrogens with one attached hydrogen (secondary N) is 3. The number of benzene rings is 2. The molecule has 0 aliphatic heterocycles. The zero-order valence-corrected chi connectivity index (χ0v) is 14.3. The van der Waals surface area contributed by atoms with E-state index in [4.69, 9.17) is 0 Å².